The van der Waals surface area contributed by atoms with Gasteiger partial charge >= 0.3 is 0 Å². The molecule has 2 aliphatic rings. The number of hydrogen-bond donors (Lipinski definition) is 0. The van der Waals surface area contributed by atoms with Crippen molar-refractivity contribution in [2.45, 2.75) is 39.3 Å². The molecule has 0 aromatic heterocycles. The van der Waals surface area contributed by atoms with E-state index in [2.05, 4.69) is 4.90 Å². The van der Waals surface area contributed by atoms with Crippen molar-refractivity contribution in [3.05, 3.63) is 12.2 Å². The molecule has 0 aromatic rings. The summed E-state index contributed by atoms with van der Waals surface area (Å²) >= 11 is 0. The van der Waals surface area contributed by atoms with E-state index in [9.17, 15) is 4.79 Å². The summed E-state index contributed by atoms with van der Waals surface area (Å²) in [6, 6.07) is 0.599. The van der Waals surface area contributed by atoms with E-state index in [1.54, 1.807) is 13.0 Å². The highest BCUT2D eigenvalue weighted by Gasteiger charge is 2.37. The second-order valence-electron chi connectivity index (χ2n) is 3.81. The number of nitrogens with zero attached hydrogens (tertiary/aromatic N) is 1. The molecule has 2 unspecified atom stereocenters. The Morgan fingerprint density at radius 2 is 2.27 bits per heavy atom. The number of hydrogen-bond acceptors (Lipinski definition) is 3. The van der Waals surface area contributed by atoms with Crippen molar-refractivity contribution in [3.8, 4) is 0 Å². The fraction of sp³-hybridized carbons (Fsp3) is 0.750. The number of carbonyl (C=O) groups excluding carboxylic acids is 1. The highest BCUT2D eigenvalue weighted by Crippen LogP contribution is 2.27. The molecule has 86 valence electrons. The van der Waals surface area contributed by atoms with Crippen LogP contribution in [0.3, 0.4) is 0 Å². The van der Waals surface area contributed by atoms with Crippen LogP contribution >= 0.6 is 0 Å². The molecule has 2 bridgehead atoms. The summed E-state index contributed by atoms with van der Waals surface area (Å²) in [5.74, 6) is 0.126. The Hall–Kier alpha value is -0.670. The SMILES string of the molecule is CC.CC(=O)/C=C/CN1CC2CC1CO2. The summed E-state index contributed by atoms with van der Waals surface area (Å²) in [6.07, 6.45) is 5.22. The molecule has 0 aromatic carbocycles. The quantitative estimate of drug-likeness (QED) is 0.664. The molecular formula is C12H21NO2. The van der Waals surface area contributed by atoms with Crippen LogP contribution in [0.25, 0.3) is 0 Å². The molecule has 2 heterocycles. The normalized spacial score (nSPS) is 29.3. The number of ether oxygens (including phenoxy) is 1. The van der Waals surface area contributed by atoms with Gasteiger partial charge in [-0.05, 0) is 19.4 Å². The zero-order chi connectivity index (χ0) is 11.3. The summed E-state index contributed by atoms with van der Waals surface area (Å²) in [5.41, 5.74) is 0. The van der Waals surface area contributed by atoms with Gasteiger partial charge in [0.05, 0.1) is 12.7 Å². The van der Waals surface area contributed by atoms with Crippen LogP contribution in [0.1, 0.15) is 27.2 Å². The molecule has 0 saturated carbocycles. The van der Waals surface area contributed by atoms with Gasteiger partial charge in [-0.15, -0.1) is 0 Å². The van der Waals surface area contributed by atoms with E-state index < -0.39 is 0 Å². The minimum atomic E-state index is 0.126. The van der Waals surface area contributed by atoms with E-state index in [0.29, 0.717) is 12.1 Å². The molecule has 0 amide bonds. The van der Waals surface area contributed by atoms with Crippen molar-refractivity contribution < 1.29 is 9.53 Å². The maximum atomic E-state index is 10.6. The van der Waals surface area contributed by atoms with Crippen LogP contribution in [0.4, 0.5) is 0 Å². The van der Waals surface area contributed by atoms with E-state index in [1.807, 2.05) is 19.9 Å². The van der Waals surface area contributed by atoms with Gasteiger partial charge in [-0.2, -0.15) is 0 Å². The van der Waals surface area contributed by atoms with Crippen molar-refractivity contribution >= 4 is 5.78 Å². The van der Waals surface area contributed by atoms with Crippen molar-refractivity contribution in [2.24, 2.45) is 0 Å². The predicted molar refractivity (Wildman–Crippen MR) is 60.9 cm³/mol. The molecule has 2 saturated heterocycles. The molecule has 0 aliphatic carbocycles. The van der Waals surface area contributed by atoms with Gasteiger partial charge in [0.1, 0.15) is 0 Å². The van der Waals surface area contributed by atoms with E-state index >= 15 is 0 Å². The lowest BCUT2D eigenvalue weighted by atomic mass is 10.2. The number of ketones is 1. The van der Waals surface area contributed by atoms with Gasteiger partial charge in [0.2, 0.25) is 0 Å². The molecule has 0 N–H and O–H groups in total. The first-order chi connectivity index (χ1) is 7.25. The highest BCUT2D eigenvalue weighted by molar-refractivity contribution is 5.87. The van der Waals surface area contributed by atoms with Crippen LogP contribution in [-0.2, 0) is 9.53 Å². The molecule has 2 atom stereocenters. The van der Waals surface area contributed by atoms with Gasteiger partial charge in [0.15, 0.2) is 5.78 Å². The van der Waals surface area contributed by atoms with E-state index in [0.717, 1.165) is 19.7 Å². The van der Waals surface area contributed by atoms with Crippen molar-refractivity contribution in [1.29, 1.82) is 0 Å². The van der Waals surface area contributed by atoms with Crippen LogP contribution in [0, 0.1) is 0 Å². The van der Waals surface area contributed by atoms with Crippen molar-refractivity contribution in [3.63, 3.8) is 0 Å². The largest absolute Gasteiger partial charge is 0.375 e. The van der Waals surface area contributed by atoms with Crippen LogP contribution in [0.5, 0.6) is 0 Å². The Labute approximate surface area is 92.1 Å². The van der Waals surface area contributed by atoms with Crippen LogP contribution in [0.2, 0.25) is 0 Å². The first-order valence-electron chi connectivity index (χ1n) is 5.78. The maximum absolute atomic E-state index is 10.6. The number of carbonyl (C=O) groups is 1. The van der Waals surface area contributed by atoms with Crippen molar-refractivity contribution in [1.82, 2.24) is 4.90 Å². The molecule has 0 radical (unpaired) electrons. The number of rotatable bonds is 3. The Balaban J connectivity index is 0.000000531. The average Bonchev–Trinajstić information content (AvgIpc) is 2.82. The first kappa shape index (κ1) is 12.4. The third kappa shape index (κ3) is 3.43. The molecule has 3 nitrogen and oxygen atoms in total. The Morgan fingerprint density at radius 3 is 2.73 bits per heavy atom. The lowest BCUT2D eigenvalue weighted by molar-refractivity contribution is -0.112. The molecule has 0 spiro atoms. The van der Waals surface area contributed by atoms with Gasteiger partial charge in [-0.25, -0.2) is 0 Å². The van der Waals surface area contributed by atoms with Gasteiger partial charge in [-0.1, -0.05) is 19.9 Å². The molecule has 2 fully saturated rings. The second kappa shape index (κ2) is 6.03. The predicted octanol–water partition coefficient (Wildman–Crippen LogP) is 1.63. The molecule has 3 heteroatoms. The maximum Gasteiger partial charge on any atom is 0.152 e. The first-order valence-corrected chi connectivity index (χ1v) is 5.78. The van der Waals surface area contributed by atoms with Crippen molar-refractivity contribution in [2.75, 3.05) is 19.7 Å². The summed E-state index contributed by atoms with van der Waals surface area (Å²) in [6.45, 7) is 8.38. The number of morpholine rings is 1. The van der Waals surface area contributed by atoms with Crippen LogP contribution < -0.4 is 0 Å². The smallest absolute Gasteiger partial charge is 0.152 e. The summed E-state index contributed by atoms with van der Waals surface area (Å²) in [4.78, 5) is 13.0. The summed E-state index contributed by atoms with van der Waals surface area (Å²) in [5, 5.41) is 0. The number of fused-ring (bicyclic) bond motifs is 2. The van der Waals surface area contributed by atoms with Gasteiger partial charge < -0.3 is 4.74 Å². The summed E-state index contributed by atoms with van der Waals surface area (Å²) < 4.78 is 5.48. The molecule has 2 aliphatic heterocycles. The standard InChI is InChI=1S/C10H15NO2.C2H6/c1-8(12)3-2-4-11-6-10-5-9(11)7-13-10;1-2/h2-3,9-10H,4-7H2,1H3;1-2H3/b3-2+;. The topological polar surface area (TPSA) is 29.5 Å². The fourth-order valence-corrected chi connectivity index (χ4v) is 2.06. The Bertz CT molecular complexity index is 238. The van der Waals surface area contributed by atoms with E-state index in [4.69, 9.17) is 4.74 Å². The van der Waals surface area contributed by atoms with Gasteiger partial charge in [0.25, 0.3) is 0 Å². The van der Waals surface area contributed by atoms with E-state index in [-0.39, 0.29) is 5.78 Å². The molecular weight excluding hydrogens is 190 g/mol. The minimum absolute atomic E-state index is 0.126. The van der Waals surface area contributed by atoms with Crippen LogP contribution in [0.15, 0.2) is 12.2 Å². The fourth-order valence-electron chi connectivity index (χ4n) is 2.06. The minimum Gasteiger partial charge on any atom is -0.375 e. The number of allylic oxidation sites excluding steroid dienone is 1. The van der Waals surface area contributed by atoms with E-state index in [1.165, 1.54) is 6.42 Å². The lowest BCUT2D eigenvalue weighted by Crippen LogP contribution is -2.36. The highest BCUT2D eigenvalue weighted by atomic mass is 16.5. The number of likely N-dealkylation sites (tertiary alicyclic amines) is 1. The zero-order valence-corrected chi connectivity index (χ0v) is 9.90. The van der Waals surface area contributed by atoms with Crippen LogP contribution in [-0.4, -0.2) is 42.5 Å². The molecule has 15 heavy (non-hydrogen) atoms. The third-order valence-corrected chi connectivity index (χ3v) is 2.71. The lowest BCUT2D eigenvalue weighted by Gasteiger charge is -2.24. The third-order valence-electron chi connectivity index (χ3n) is 2.71. The zero-order valence-electron chi connectivity index (χ0n) is 9.90. The Kier molecular flexibility index (Phi) is 4.99. The second-order valence-corrected chi connectivity index (χ2v) is 3.81. The average molecular weight is 211 g/mol. The van der Waals surface area contributed by atoms with Gasteiger partial charge in [0, 0.05) is 19.1 Å². The monoisotopic (exact) mass is 211 g/mol. The summed E-state index contributed by atoms with van der Waals surface area (Å²) in [7, 11) is 0. The Morgan fingerprint density at radius 1 is 1.53 bits per heavy atom. The molecule has 2 rings (SSSR count). The van der Waals surface area contributed by atoms with Gasteiger partial charge in [-0.3, -0.25) is 9.69 Å².